The summed E-state index contributed by atoms with van der Waals surface area (Å²) >= 11 is 5.99. The summed E-state index contributed by atoms with van der Waals surface area (Å²) in [5.74, 6) is -0.514. The average molecular weight is 322 g/mol. The van der Waals surface area contributed by atoms with Crippen LogP contribution in [0.4, 0.5) is 4.79 Å². The van der Waals surface area contributed by atoms with Crippen LogP contribution in [0.25, 0.3) is 0 Å². The quantitative estimate of drug-likeness (QED) is 0.717. The number of hydrogen-bond donors (Lipinski definition) is 3. The summed E-state index contributed by atoms with van der Waals surface area (Å²) in [4.78, 5) is 34.5. The second kappa shape index (κ2) is 5.61. The van der Waals surface area contributed by atoms with Gasteiger partial charge < -0.3 is 10.6 Å². The van der Waals surface area contributed by atoms with E-state index in [9.17, 15) is 14.4 Å². The summed E-state index contributed by atoms with van der Waals surface area (Å²) in [6.07, 6.45) is 2.22. The number of amides is 4. The normalized spacial score (nSPS) is 22.0. The van der Waals surface area contributed by atoms with Crippen LogP contribution in [0.1, 0.15) is 31.2 Å². The molecule has 0 radical (unpaired) electrons. The lowest BCUT2D eigenvalue weighted by atomic mass is 10.0. The largest absolute Gasteiger partial charge is 0.347 e. The fourth-order valence-electron chi connectivity index (χ4n) is 2.66. The number of carbonyl (C=O) groups excluding carboxylic acids is 3. The van der Waals surface area contributed by atoms with Crippen LogP contribution in [-0.2, 0) is 15.1 Å². The molecule has 0 spiro atoms. The third-order valence-corrected chi connectivity index (χ3v) is 4.26. The van der Waals surface area contributed by atoms with Crippen LogP contribution in [-0.4, -0.2) is 23.9 Å². The molecule has 7 heteroatoms. The predicted molar refractivity (Wildman–Crippen MR) is 80.2 cm³/mol. The van der Waals surface area contributed by atoms with Crippen molar-refractivity contribution in [2.45, 2.75) is 37.3 Å². The first-order valence-electron chi connectivity index (χ1n) is 7.17. The van der Waals surface area contributed by atoms with E-state index in [4.69, 9.17) is 11.6 Å². The Morgan fingerprint density at radius 3 is 2.73 bits per heavy atom. The number of benzene rings is 1. The molecule has 1 aliphatic heterocycles. The minimum atomic E-state index is -0.625. The van der Waals surface area contributed by atoms with Gasteiger partial charge in [-0.3, -0.25) is 14.9 Å². The van der Waals surface area contributed by atoms with E-state index in [1.54, 1.807) is 6.07 Å². The van der Waals surface area contributed by atoms with Gasteiger partial charge >= 0.3 is 6.03 Å². The minimum Gasteiger partial charge on any atom is -0.347 e. The Balaban J connectivity index is 1.56. The maximum atomic E-state index is 12.1. The number of hydrogen-bond acceptors (Lipinski definition) is 3. The van der Waals surface area contributed by atoms with Crippen LogP contribution < -0.4 is 16.0 Å². The van der Waals surface area contributed by atoms with E-state index in [0.717, 1.165) is 18.4 Å². The standard InChI is InChI=1S/C15H16ClN3O3/c16-10-3-1-2-9(8-10)15(6-7-15)19-12(20)5-4-11-13(21)18-14(22)17-11/h1-3,8,11H,4-7H2,(H,19,20)(H2,17,18,21,22)/t11-/m0/s1. The number of imide groups is 1. The van der Waals surface area contributed by atoms with Crippen LogP contribution >= 0.6 is 11.6 Å². The monoisotopic (exact) mass is 321 g/mol. The third kappa shape index (κ3) is 3.06. The van der Waals surface area contributed by atoms with Crippen molar-refractivity contribution in [1.29, 1.82) is 0 Å². The van der Waals surface area contributed by atoms with Gasteiger partial charge in [-0.1, -0.05) is 23.7 Å². The van der Waals surface area contributed by atoms with Gasteiger partial charge in [0.2, 0.25) is 5.91 Å². The number of urea groups is 1. The van der Waals surface area contributed by atoms with Crippen molar-refractivity contribution in [1.82, 2.24) is 16.0 Å². The van der Waals surface area contributed by atoms with E-state index in [2.05, 4.69) is 16.0 Å². The first-order chi connectivity index (χ1) is 10.5. The van der Waals surface area contributed by atoms with Crippen LogP contribution in [0.15, 0.2) is 24.3 Å². The maximum Gasteiger partial charge on any atom is 0.322 e. The molecule has 2 aliphatic rings. The maximum absolute atomic E-state index is 12.1. The van der Waals surface area contributed by atoms with Gasteiger partial charge in [-0.15, -0.1) is 0 Å². The van der Waals surface area contributed by atoms with Gasteiger partial charge in [-0.05, 0) is 37.0 Å². The van der Waals surface area contributed by atoms with Crippen molar-refractivity contribution in [2.75, 3.05) is 0 Å². The molecule has 3 rings (SSSR count). The van der Waals surface area contributed by atoms with Gasteiger partial charge in [0.25, 0.3) is 5.91 Å². The Hall–Kier alpha value is -2.08. The van der Waals surface area contributed by atoms with E-state index in [1.165, 1.54) is 0 Å². The molecule has 6 nitrogen and oxygen atoms in total. The molecular formula is C15H16ClN3O3. The van der Waals surface area contributed by atoms with Crippen LogP contribution in [0.2, 0.25) is 5.02 Å². The highest BCUT2D eigenvalue weighted by Crippen LogP contribution is 2.46. The molecule has 1 aliphatic carbocycles. The van der Waals surface area contributed by atoms with Crippen molar-refractivity contribution in [3.8, 4) is 0 Å². The lowest BCUT2D eigenvalue weighted by Gasteiger charge is -2.18. The van der Waals surface area contributed by atoms with E-state index in [0.29, 0.717) is 5.02 Å². The fraction of sp³-hybridized carbons (Fsp3) is 0.400. The zero-order valence-electron chi connectivity index (χ0n) is 11.8. The molecule has 1 aromatic rings. The first-order valence-corrected chi connectivity index (χ1v) is 7.55. The molecular weight excluding hydrogens is 306 g/mol. The lowest BCUT2D eigenvalue weighted by molar-refractivity contribution is -0.123. The summed E-state index contributed by atoms with van der Waals surface area (Å²) < 4.78 is 0. The summed E-state index contributed by atoms with van der Waals surface area (Å²) in [5, 5.41) is 8.29. The molecule has 22 heavy (non-hydrogen) atoms. The van der Waals surface area contributed by atoms with Crippen molar-refractivity contribution < 1.29 is 14.4 Å². The zero-order chi connectivity index (χ0) is 15.7. The molecule has 0 aromatic heterocycles. The van der Waals surface area contributed by atoms with Crippen molar-refractivity contribution in [3.05, 3.63) is 34.9 Å². The smallest absolute Gasteiger partial charge is 0.322 e. The van der Waals surface area contributed by atoms with Gasteiger partial charge in [0.05, 0.1) is 5.54 Å². The predicted octanol–water partition coefficient (Wildman–Crippen LogP) is 1.43. The topological polar surface area (TPSA) is 87.3 Å². The Morgan fingerprint density at radius 1 is 1.36 bits per heavy atom. The van der Waals surface area contributed by atoms with Crippen molar-refractivity contribution in [2.24, 2.45) is 0 Å². The molecule has 1 heterocycles. The summed E-state index contributed by atoms with van der Waals surface area (Å²) in [5.41, 5.74) is 0.670. The highest BCUT2D eigenvalue weighted by atomic mass is 35.5. The van der Waals surface area contributed by atoms with Crippen LogP contribution in [0, 0.1) is 0 Å². The molecule has 4 amide bonds. The van der Waals surface area contributed by atoms with Gasteiger partial charge in [-0.2, -0.15) is 0 Å². The van der Waals surface area contributed by atoms with E-state index in [-0.39, 0.29) is 30.2 Å². The Kier molecular flexibility index (Phi) is 3.78. The molecule has 1 saturated carbocycles. The molecule has 1 saturated heterocycles. The second-order valence-corrected chi connectivity index (χ2v) is 6.13. The Labute approximate surface area is 132 Å². The molecule has 116 valence electrons. The SMILES string of the molecule is O=C(CC[C@@H]1NC(=O)NC1=O)NC1(c2cccc(Cl)c2)CC1. The zero-order valence-corrected chi connectivity index (χ0v) is 12.6. The molecule has 2 fully saturated rings. The van der Waals surface area contributed by atoms with Crippen LogP contribution in [0.3, 0.4) is 0 Å². The highest BCUT2D eigenvalue weighted by Gasteiger charge is 2.45. The number of nitrogens with one attached hydrogen (secondary N) is 3. The van der Waals surface area contributed by atoms with Crippen molar-refractivity contribution >= 4 is 29.4 Å². The van der Waals surface area contributed by atoms with E-state index < -0.39 is 12.1 Å². The summed E-state index contributed by atoms with van der Waals surface area (Å²) in [6.45, 7) is 0. The first kappa shape index (κ1) is 14.8. The molecule has 1 aromatic carbocycles. The second-order valence-electron chi connectivity index (χ2n) is 5.69. The Bertz CT molecular complexity index is 643. The summed E-state index contributed by atoms with van der Waals surface area (Å²) in [7, 11) is 0. The number of carbonyl (C=O) groups is 3. The highest BCUT2D eigenvalue weighted by molar-refractivity contribution is 6.30. The minimum absolute atomic E-state index is 0.133. The fourth-order valence-corrected chi connectivity index (χ4v) is 2.85. The van der Waals surface area contributed by atoms with Gasteiger partial charge in [0, 0.05) is 11.4 Å². The van der Waals surface area contributed by atoms with Crippen molar-refractivity contribution in [3.63, 3.8) is 0 Å². The summed E-state index contributed by atoms with van der Waals surface area (Å²) in [6, 6.07) is 6.34. The Morgan fingerprint density at radius 2 is 2.14 bits per heavy atom. The molecule has 0 unspecified atom stereocenters. The average Bonchev–Trinajstić information content (AvgIpc) is 3.16. The van der Waals surface area contributed by atoms with Gasteiger partial charge in [0.1, 0.15) is 6.04 Å². The van der Waals surface area contributed by atoms with E-state index in [1.807, 2.05) is 18.2 Å². The lowest BCUT2D eigenvalue weighted by Crippen LogP contribution is -2.36. The third-order valence-electron chi connectivity index (χ3n) is 4.02. The molecule has 1 atom stereocenters. The molecule has 3 N–H and O–H groups in total. The van der Waals surface area contributed by atoms with E-state index >= 15 is 0 Å². The number of halogens is 1. The number of rotatable bonds is 5. The van der Waals surface area contributed by atoms with Gasteiger partial charge in [-0.25, -0.2) is 4.79 Å². The van der Waals surface area contributed by atoms with Gasteiger partial charge in [0.15, 0.2) is 0 Å². The molecule has 0 bridgehead atoms. The van der Waals surface area contributed by atoms with Crippen LogP contribution in [0.5, 0.6) is 0 Å².